The predicted octanol–water partition coefficient (Wildman–Crippen LogP) is 4.51. The summed E-state index contributed by atoms with van der Waals surface area (Å²) in [6.45, 7) is 9.00. The first-order chi connectivity index (χ1) is 10.0. The van der Waals surface area contributed by atoms with Gasteiger partial charge in [-0.25, -0.2) is 0 Å². The maximum atomic E-state index is 6.24. The lowest BCUT2D eigenvalue weighted by Gasteiger charge is -2.22. The number of nitrogens with two attached hydrogens (primary N) is 1. The molecule has 2 aromatic rings. The van der Waals surface area contributed by atoms with Crippen LogP contribution >= 0.6 is 0 Å². The van der Waals surface area contributed by atoms with Crippen molar-refractivity contribution >= 4 is 0 Å². The minimum Gasteiger partial charge on any atom is -0.484 e. The van der Waals surface area contributed by atoms with E-state index in [0.29, 0.717) is 12.5 Å². The van der Waals surface area contributed by atoms with Gasteiger partial charge in [0.2, 0.25) is 0 Å². The first-order valence-corrected chi connectivity index (χ1v) is 7.55. The fraction of sp³-hybridized carbons (Fsp3) is 0.368. The van der Waals surface area contributed by atoms with Gasteiger partial charge >= 0.3 is 0 Å². The third-order valence-corrected chi connectivity index (χ3v) is 3.72. The first-order valence-electron chi connectivity index (χ1n) is 7.55. The number of aryl methyl sites for hydroxylation is 2. The summed E-state index contributed by atoms with van der Waals surface area (Å²) in [4.78, 5) is 0. The highest BCUT2D eigenvalue weighted by molar-refractivity contribution is 5.40. The Bertz CT molecular complexity index is 587. The smallest absolute Gasteiger partial charge is 0.136 e. The largest absolute Gasteiger partial charge is 0.484 e. The summed E-state index contributed by atoms with van der Waals surface area (Å²) >= 11 is 0. The second-order valence-electron chi connectivity index (χ2n) is 5.95. The fourth-order valence-corrected chi connectivity index (χ4v) is 2.41. The molecule has 2 N–H and O–H groups in total. The maximum absolute atomic E-state index is 6.24. The minimum atomic E-state index is -0.107. The Morgan fingerprint density at radius 1 is 0.952 bits per heavy atom. The molecule has 0 heterocycles. The molecule has 2 rings (SSSR count). The van der Waals surface area contributed by atoms with Crippen molar-refractivity contribution in [2.24, 2.45) is 5.73 Å². The van der Waals surface area contributed by atoms with Crippen molar-refractivity contribution < 1.29 is 4.74 Å². The molecule has 0 aliphatic heterocycles. The van der Waals surface area contributed by atoms with Crippen molar-refractivity contribution in [2.45, 2.75) is 39.7 Å². The monoisotopic (exact) mass is 283 g/mol. The number of ether oxygens (including phenoxy) is 1. The number of hydrogen-bond acceptors (Lipinski definition) is 2. The Hall–Kier alpha value is -1.80. The van der Waals surface area contributed by atoms with Crippen LogP contribution in [0.15, 0.2) is 42.5 Å². The Morgan fingerprint density at radius 2 is 1.57 bits per heavy atom. The zero-order chi connectivity index (χ0) is 15.4. The maximum Gasteiger partial charge on any atom is 0.136 e. The van der Waals surface area contributed by atoms with Crippen molar-refractivity contribution in [3.05, 3.63) is 64.7 Å². The van der Waals surface area contributed by atoms with E-state index in [0.717, 1.165) is 11.3 Å². The third-order valence-electron chi connectivity index (χ3n) is 3.72. The average molecular weight is 283 g/mol. The molecule has 1 atom stereocenters. The molecule has 0 spiro atoms. The quantitative estimate of drug-likeness (QED) is 0.876. The van der Waals surface area contributed by atoms with Crippen molar-refractivity contribution in [1.82, 2.24) is 0 Å². The highest BCUT2D eigenvalue weighted by Crippen LogP contribution is 2.31. The molecule has 0 radical (unpaired) electrons. The van der Waals surface area contributed by atoms with E-state index in [9.17, 15) is 0 Å². The lowest BCUT2D eigenvalue weighted by Crippen LogP contribution is -2.19. The lowest BCUT2D eigenvalue weighted by atomic mass is 10.00. The van der Waals surface area contributed by atoms with E-state index in [1.807, 2.05) is 0 Å². The summed E-state index contributed by atoms with van der Waals surface area (Å²) in [6.07, 6.45) is -0.107. The van der Waals surface area contributed by atoms with Crippen LogP contribution in [0, 0.1) is 13.8 Å². The molecular weight excluding hydrogens is 258 g/mol. The summed E-state index contributed by atoms with van der Waals surface area (Å²) in [5, 5.41) is 0. The zero-order valence-electron chi connectivity index (χ0n) is 13.4. The third kappa shape index (κ3) is 3.85. The first kappa shape index (κ1) is 15.6. The number of rotatable bonds is 5. The van der Waals surface area contributed by atoms with Crippen LogP contribution in [0.3, 0.4) is 0 Å². The highest BCUT2D eigenvalue weighted by atomic mass is 16.5. The van der Waals surface area contributed by atoms with Gasteiger partial charge in [0.1, 0.15) is 11.9 Å². The van der Waals surface area contributed by atoms with Crippen LogP contribution in [0.5, 0.6) is 5.75 Å². The summed E-state index contributed by atoms with van der Waals surface area (Å²) in [5.74, 6) is 1.37. The molecule has 0 aliphatic carbocycles. The Labute approximate surface area is 127 Å². The van der Waals surface area contributed by atoms with Gasteiger partial charge in [0.05, 0.1) is 0 Å². The Morgan fingerprint density at radius 3 is 2.14 bits per heavy atom. The molecule has 2 heteroatoms. The lowest BCUT2D eigenvalue weighted by molar-refractivity contribution is 0.211. The van der Waals surface area contributed by atoms with Gasteiger partial charge < -0.3 is 10.5 Å². The van der Waals surface area contributed by atoms with E-state index in [1.54, 1.807) is 0 Å². The van der Waals surface area contributed by atoms with E-state index in [1.165, 1.54) is 16.7 Å². The van der Waals surface area contributed by atoms with Crippen LogP contribution in [0.1, 0.15) is 48.1 Å². The fourth-order valence-electron chi connectivity index (χ4n) is 2.41. The molecule has 0 bridgehead atoms. The van der Waals surface area contributed by atoms with Crippen LogP contribution in [-0.2, 0) is 0 Å². The molecule has 0 saturated carbocycles. The van der Waals surface area contributed by atoms with E-state index in [4.69, 9.17) is 10.5 Å². The summed E-state index contributed by atoms with van der Waals surface area (Å²) < 4.78 is 6.24. The van der Waals surface area contributed by atoms with Gasteiger partial charge in [0.25, 0.3) is 0 Å². The van der Waals surface area contributed by atoms with E-state index < -0.39 is 0 Å². The Kier molecular flexibility index (Phi) is 5.03. The highest BCUT2D eigenvalue weighted by Gasteiger charge is 2.15. The van der Waals surface area contributed by atoms with Crippen LogP contribution < -0.4 is 10.5 Å². The van der Waals surface area contributed by atoms with Gasteiger partial charge in [0, 0.05) is 6.54 Å². The molecule has 0 amide bonds. The van der Waals surface area contributed by atoms with Gasteiger partial charge in [0.15, 0.2) is 0 Å². The zero-order valence-corrected chi connectivity index (χ0v) is 13.4. The molecule has 0 saturated heterocycles. The summed E-state index contributed by atoms with van der Waals surface area (Å²) in [7, 11) is 0. The SMILES string of the molecule is Cc1ccc(C(CN)Oc2cc(C)ccc2C(C)C)cc1. The standard InChI is InChI=1S/C19H25NO/c1-13(2)17-10-7-15(4)11-18(17)21-19(12-20)16-8-5-14(3)6-9-16/h5-11,13,19H,12,20H2,1-4H3. The van der Waals surface area contributed by atoms with Gasteiger partial charge in [-0.2, -0.15) is 0 Å². The molecule has 0 aliphatic rings. The van der Waals surface area contributed by atoms with Gasteiger partial charge in [-0.15, -0.1) is 0 Å². The molecule has 0 aromatic heterocycles. The van der Waals surface area contributed by atoms with Crippen LogP contribution in [0.2, 0.25) is 0 Å². The average Bonchev–Trinajstić information content (AvgIpc) is 2.45. The summed E-state index contributed by atoms with van der Waals surface area (Å²) in [5.41, 5.74) is 10.7. The molecular formula is C19H25NO. The van der Waals surface area contributed by atoms with Gasteiger partial charge in [-0.3, -0.25) is 0 Å². The predicted molar refractivity (Wildman–Crippen MR) is 88.9 cm³/mol. The van der Waals surface area contributed by atoms with Crippen molar-refractivity contribution in [1.29, 1.82) is 0 Å². The Balaban J connectivity index is 2.30. The molecule has 2 nitrogen and oxygen atoms in total. The second-order valence-corrected chi connectivity index (χ2v) is 5.95. The van der Waals surface area contributed by atoms with Crippen LogP contribution in [0.25, 0.3) is 0 Å². The van der Waals surface area contributed by atoms with Crippen LogP contribution in [-0.4, -0.2) is 6.54 Å². The van der Waals surface area contributed by atoms with E-state index in [2.05, 4.69) is 70.2 Å². The number of benzene rings is 2. The van der Waals surface area contributed by atoms with E-state index in [-0.39, 0.29) is 6.10 Å². The topological polar surface area (TPSA) is 35.2 Å². The van der Waals surface area contributed by atoms with Gasteiger partial charge in [-0.1, -0.05) is 55.8 Å². The summed E-state index contributed by atoms with van der Waals surface area (Å²) in [6, 6.07) is 14.8. The van der Waals surface area contributed by atoms with Crippen molar-refractivity contribution in [2.75, 3.05) is 6.54 Å². The van der Waals surface area contributed by atoms with Gasteiger partial charge in [-0.05, 0) is 42.5 Å². The normalized spacial score (nSPS) is 12.5. The minimum absolute atomic E-state index is 0.107. The second kappa shape index (κ2) is 6.77. The molecule has 21 heavy (non-hydrogen) atoms. The van der Waals surface area contributed by atoms with Crippen molar-refractivity contribution in [3.63, 3.8) is 0 Å². The van der Waals surface area contributed by atoms with Crippen molar-refractivity contribution in [3.8, 4) is 5.75 Å². The number of hydrogen-bond donors (Lipinski definition) is 1. The molecule has 1 unspecified atom stereocenters. The molecule has 2 aromatic carbocycles. The van der Waals surface area contributed by atoms with Crippen LogP contribution in [0.4, 0.5) is 0 Å². The van der Waals surface area contributed by atoms with E-state index >= 15 is 0 Å². The molecule has 0 fully saturated rings. The molecule has 112 valence electrons.